The highest BCUT2D eigenvalue weighted by atomic mass is 35.5. The zero-order valence-corrected chi connectivity index (χ0v) is 7.64. The first-order chi connectivity index (χ1) is 5.84. The fraction of sp³-hybridized carbons (Fsp3) is 0.750. The second kappa shape index (κ2) is 3.44. The number of H-pyrrole nitrogens is 1. The highest BCUT2D eigenvalue weighted by Gasteiger charge is 2.16. The molecule has 0 aliphatic heterocycles. The SMILES string of the molecule is Clc1n[nH]c(CC2CCCC2)n1. The van der Waals surface area contributed by atoms with E-state index in [1.807, 2.05) is 0 Å². The van der Waals surface area contributed by atoms with E-state index >= 15 is 0 Å². The zero-order valence-electron chi connectivity index (χ0n) is 6.89. The van der Waals surface area contributed by atoms with Gasteiger partial charge in [-0.05, 0) is 17.5 Å². The molecule has 0 spiro atoms. The fourth-order valence-electron chi connectivity index (χ4n) is 1.85. The molecule has 1 aliphatic rings. The molecule has 0 bridgehead atoms. The monoisotopic (exact) mass is 185 g/mol. The van der Waals surface area contributed by atoms with Gasteiger partial charge in [-0.25, -0.2) is 4.98 Å². The Labute approximate surface area is 76.5 Å². The first kappa shape index (κ1) is 8.05. The van der Waals surface area contributed by atoms with Crippen LogP contribution in [-0.2, 0) is 6.42 Å². The Bertz CT molecular complexity index is 253. The fourth-order valence-corrected chi connectivity index (χ4v) is 2.00. The molecule has 1 aromatic heterocycles. The summed E-state index contributed by atoms with van der Waals surface area (Å²) in [4.78, 5) is 4.07. The molecule has 0 saturated heterocycles. The molecule has 0 radical (unpaired) electrons. The van der Waals surface area contributed by atoms with Crippen molar-refractivity contribution in [3.05, 3.63) is 11.1 Å². The van der Waals surface area contributed by atoms with Gasteiger partial charge in [-0.1, -0.05) is 25.7 Å². The van der Waals surface area contributed by atoms with Crippen LogP contribution in [0.2, 0.25) is 5.28 Å². The summed E-state index contributed by atoms with van der Waals surface area (Å²) < 4.78 is 0. The summed E-state index contributed by atoms with van der Waals surface area (Å²) in [6, 6.07) is 0. The first-order valence-corrected chi connectivity index (χ1v) is 4.79. The van der Waals surface area contributed by atoms with Crippen LogP contribution < -0.4 is 0 Å². The van der Waals surface area contributed by atoms with Crippen LogP contribution in [0.1, 0.15) is 31.5 Å². The number of nitrogens with one attached hydrogen (secondary N) is 1. The molecule has 12 heavy (non-hydrogen) atoms. The lowest BCUT2D eigenvalue weighted by molar-refractivity contribution is 0.531. The Balaban J connectivity index is 1.94. The third-order valence-corrected chi connectivity index (χ3v) is 2.63. The minimum Gasteiger partial charge on any atom is -0.262 e. The maximum absolute atomic E-state index is 5.59. The predicted octanol–water partition coefficient (Wildman–Crippen LogP) is 2.19. The molecule has 1 N–H and O–H groups in total. The van der Waals surface area contributed by atoms with Gasteiger partial charge in [0.15, 0.2) is 0 Å². The lowest BCUT2D eigenvalue weighted by atomic mass is 10.0. The molecule has 2 rings (SSSR count). The van der Waals surface area contributed by atoms with E-state index in [4.69, 9.17) is 11.6 Å². The molecular weight excluding hydrogens is 174 g/mol. The van der Waals surface area contributed by atoms with Gasteiger partial charge in [0.2, 0.25) is 5.28 Å². The number of hydrogen-bond acceptors (Lipinski definition) is 2. The number of nitrogens with zero attached hydrogens (tertiary/aromatic N) is 2. The second-order valence-corrected chi connectivity index (χ2v) is 3.74. The van der Waals surface area contributed by atoms with E-state index in [2.05, 4.69) is 15.2 Å². The number of rotatable bonds is 2. The van der Waals surface area contributed by atoms with Gasteiger partial charge in [0, 0.05) is 6.42 Å². The second-order valence-electron chi connectivity index (χ2n) is 3.41. The van der Waals surface area contributed by atoms with Crippen LogP contribution in [0.5, 0.6) is 0 Å². The number of hydrogen-bond donors (Lipinski definition) is 1. The van der Waals surface area contributed by atoms with Crippen molar-refractivity contribution in [2.45, 2.75) is 32.1 Å². The van der Waals surface area contributed by atoms with Crippen molar-refractivity contribution in [2.24, 2.45) is 5.92 Å². The van der Waals surface area contributed by atoms with E-state index in [-0.39, 0.29) is 0 Å². The quantitative estimate of drug-likeness (QED) is 0.768. The van der Waals surface area contributed by atoms with Gasteiger partial charge >= 0.3 is 0 Å². The molecule has 0 unspecified atom stereocenters. The van der Waals surface area contributed by atoms with Gasteiger partial charge in [-0.2, -0.15) is 0 Å². The van der Waals surface area contributed by atoms with E-state index in [9.17, 15) is 0 Å². The lowest BCUT2D eigenvalue weighted by Crippen LogP contribution is -2.00. The van der Waals surface area contributed by atoms with Crippen molar-refractivity contribution >= 4 is 11.6 Å². The Morgan fingerprint density at radius 2 is 2.17 bits per heavy atom. The zero-order chi connectivity index (χ0) is 8.39. The maximum atomic E-state index is 5.59. The summed E-state index contributed by atoms with van der Waals surface area (Å²) in [5.41, 5.74) is 0. The Kier molecular flexibility index (Phi) is 2.30. The summed E-state index contributed by atoms with van der Waals surface area (Å²) in [7, 11) is 0. The van der Waals surface area contributed by atoms with Crippen LogP contribution in [0.25, 0.3) is 0 Å². The van der Waals surface area contributed by atoms with Crippen molar-refractivity contribution < 1.29 is 0 Å². The summed E-state index contributed by atoms with van der Waals surface area (Å²) >= 11 is 5.59. The largest absolute Gasteiger partial charge is 0.262 e. The van der Waals surface area contributed by atoms with E-state index in [1.165, 1.54) is 25.7 Å². The van der Waals surface area contributed by atoms with Crippen LogP contribution >= 0.6 is 11.6 Å². The van der Waals surface area contributed by atoms with E-state index in [0.717, 1.165) is 18.2 Å². The summed E-state index contributed by atoms with van der Waals surface area (Å²) in [6.45, 7) is 0. The average Bonchev–Trinajstić information content (AvgIpc) is 2.63. The maximum Gasteiger partial charge on any atom is 0.242 e. The van der Waals surface area contributed by atoms with Crippen LogP contribution in [0.3, 0.4) is 0 Å². The molecule has 0 aromatic carbocycles. The van der Waals surface area contributed by atoms with Crippen molar-refractivity contribution in [3.63, 3.8) is 0 Å². The molecule has 1 fully saturated rings. The van der Waals surface area contributed by atoms with E-state index in [0.29, 0.717) is 5.28 Å². The smallest absolute Gasteiger partial charge is 0.242 e. The minimum absolute atomic E-state index is 0.336. The van der Waals surface area contributed by atoms with Gasteiger partial charge in [0.25, 0.3) is 0 Å². The third kappa shape index (κ3) is 1.78. The van der Waals surface area contributed by atoms with Gasteiger partial charge in [0.1, 0.15) is 5.82 Å². The van der Waals surface area contributed by atoms with Gasteiger partial charge < -0.3 is 0 Å². The molecule has 0 amide bonds. The number of halogens is 1. The van der Waals surface area contributed by atoms with Gasteiger partial charge in [-0.3, -0.25) is 5.10 Å². The first-order valence-electron chi connectivity index (χ1n) is 4.41. The molecule has 1 aliphatic carbocycles. The summed E-state index contributed by atoms with van der Waals surface area (Å²) in [5, 5.41) is 6.96. The predicted molar refractivity (Wildman–Crippen MR) is 47.1 cm³/mol. The highest BCUT2D eigenvalue weighted by Crippen LogP contribution is 2.27. The van der Waals surface area contributed by atoms with E-state index < -0.39 is 0 Å². The molecule has 1 aromatic rings. The third-order valence-electron chi connectivity index (χ3n) is 2.46. The van der Waals surface area contributed by atoms with Crippen LogP contribution in [0.15, 0.2) is 0 Å². The Hall–Kier alpha value is -0.570. The molecule has 4 heteroatoms. The summed E-state index contributed by atoms with van der Waals surface area (Å²) in [5.74, 6) is 1.74. The van der Waals surface area contributed by atoms with Gasteiger partial charge in [0.05, 0.1) is 0 Å². The highest BCUT2D eigenvalue weighted by molar-refractivity contribution is 6.28. The van der Waals surface area contributed by atoms with Crippen LogP contribution in [0.4, 0.5) is 0 Å². The molecular formula is C8H12ClN3. The van der Waals surface area contributed by atoms with Gasteiger partial charge in [-0.15, -0.1) is 5.10 Å². The number of aromatic amines is 1. The van der Waals surface area contributed by atoms with Crippen molar-refractivity contribution in [2.75, 3.05) is 0 Å². The van der Waals surface area contributed by atoms with Crippen LogP contribution in [-0.4, -0.2) is 15.2 Å². The topological polar surface area (TPSA) is 41.6 Å². The Morgan fingerprint density at radius 1 is 1.42 bits per heavy atom. The van der Waals surface area contributed by atoms with Crippen molar-refractivity contribution in [3.8, 4) is 0 Å². The molecule has 0 atom stereocenters. The minimum atomic E-state index is 0.336. The summed E-state index contributed by atoms with van der Waals surface area (Å²) in [6.07, 6.45) is 6.41. The molecule has 1 saturated carbocycles. The molecule has 3 nitrogen and oxygen atoms in total. The normalized spacial score (nSPS) is 18.8. The molecule has 1 heterocycles. The van der Waals surface area contributed by atoms with Crippen LogP contribution in [0, 0.1) is 5.92 Å². The molecule has 66 valence electrons. The standard InChI is InChI=1S/C8H12ClN3/c9-8-10-7(11-12-8)5-6-3-1-2-4-6/h6H,1-5H2,(H,10,11,12). The lowest BCUT2D eigenvalue weighted by Gasteiger charge is -2.03. The van der Waals surface area contributed by atoms with Crippen molar-refractivity contribution in [1.82, 2.24) is 15.2 Å². The number of aromatic nitrogens is 3. The van der Waals surface area contributed by atoms with E-state index in [1.54, 1.807) is 0 Å². The van der Waals surface area contributed by atoms with Crippen molar-refractivity contribution in [1.29, 1.82) is 0 Å². The Morgan fingerprint density at radius 3 is 2.75 bits per heavy atom. The average molecular weight is 186 g/mol.